The van der Waals surface area contributed by atoms with E-state index in [1.165, 1.54) is 57.8 Å². The van der Waals surface area contributed by atoms with E-state index in [2.05, 4.69) is 179 Å². The Kier molecular flexibility index (Phi) is 58.5. The van der Waals surface area contributed by atoms with Crippen LogP contribution in [0.5, 0.6) is 0 Å². The van der Waals surface area contributed by atoms with Crippen molar-refractivity contribution in [3.05, 3.63) is 158 Å². The van der Waals surface area contributed by atoms with Gasteiger partial charge in [-0.1, -0.05) is 256 Å². The highest BCUT2D eigenvalue weighted by atomic mass is 16.6. The van der Waals surface area contributed by atoms with E-state index in [9.17, 15) is 14.4 Å². The van der Waals surface area contributed by atoms with Crippen LogP contribution < -0.4 is 0 Å². The van der Waals surface area contributed by atoms with Crippen LogP contribution in [0.3, 0.4) is 0 Å². The third kappa shape index (κ3) is 59.9. The summed E-state index contributed by atoms with van der Waals surface area (Å²) >= 11 is 0. The molecule has 0 N–H and O–H groups in total. The quantitative estimate of drug-likeness (QED) is 0.0261. The van der Waals surface area contributed by atoms with E-state index >= 15 is 0 Å². The molecule has 426 valence electrons. The van der Waals surface area contributed by atoms with Crippen LogP contribution in [0.1, 0.15) is 245 Å². The highest BCUT2D eigenvalue weighted by molar-refractivity contribution is 5.71. The van der Waals surface area contributed by atoms with Gasteiger partial charge < -0.3 is 14.2 Å². The molecule has 6 nitrogen and oxygen atoms in total. The smallest absolute Gasteiger partial charge is 0.306 e. The van der Waals surface area contributed by atoms with Gasteiger partial charge in [-0.05, 0) is 128 Å². The molecule has 1 unspecified atom stereocenters. The van der Waals surface area contributed by atoms with E-state index in [1.807, 2.05) is 0 Å². The van der Waals surface area contributed by atoms with Crippen molar-refractivity contribution in [2.24, 2.45) is 0 Å². The van der Waals surface area contributed by atoms with Crippen LogP contribution in [-0.2, 0) is 28.6 Å². The zero-order chi connectivity index (χ0) is 55.0. The number of allylic oxidation sites excluding steroid dienone is 26. The maximum Gasteiger partial charge on any atom is 0.306 e. The molecule has 0 heterocycles. The van der Waals surface area contributed by atoms with Gasteiger partial charge >= 0.3 is 17.9 Å². The number of ether oxygens (including phenoxy) is 3. The monoisotopic (exact) mass is 1050 g/mol. The highest BCUT2D eigenvalue weighted by Crippen LogP contribution is 2.14. The number of carbonyl (C=O) groups is 3. The molecular formula is C70H110O6. The zero-order valence-corrected chi connectivity index (χ0v) is 48.7. The molecular weight excluding hydrogens is 937 g/mol. The van der Waals surface area contributed by atoms with Crippen molar-refractivity contribution in [2.75, 3.05) is 13.2 Å². The number of carbonyl (C=O) groups excluding carboxylic acids is 3. The predicted octanol–water partition coefficient (Wildman–Crippen LogP) is 20.9. The minimum Gasteiger partial charge on any atom is -0.462 e. The van der Waals surface area contributed by atoms with Crippen molar-refractivity contribution in [2.45, 2.75) is 252 Å². The summed E-state index contributed by atoms with van der Waals surface area (Å²) in [5.74, 6) is -0.990. The summed E-state index contributed by atoms with van der Waals surface area (Å²) in [5, 5.41) is 0. The minimum absolute atomic E-state index is 0.108. The molecule has 76 heavy (non-hydrogen) atoms. The summed E-state index contributed by atoms with van der Waals surface area (Å²) < 4.78 is 16.8. The molecule has 0 aromatic carbocycles. The van der Waals surface area contributed by atoms with Crippen molar-refractivity contribution >= 4 is 17.9 Å². The van der Waals surface area contributed by atoms with Gasteiger partial charge in [0.15, 0.2) is 6.10 Å². The van der Waals surface area contributed by atoms with E-state index in [0.717, 1.165) is 141 Å². The van der Waals surface area contributed by atoms with Crippen molar-refractivity contribution in [1.82, 2.24) is 0 Å². The second kappa shape index (κ2) is 62.6. The van der Waals surface area contributed by atoms with Crippen molar-refractivity contribution in [1.29, 1.82) is 0 Å². The molecule has 0 spiro atoms. The Morgan fingerprint density at radius 2 is 0.513 bits per heavy atom. The first-order chi connectivity index (χ1) is 37.5. The largest absolute Gasteiger partial charge is 0.462 e. The summed E-state index contributed by atoms with van der Waals surface area (Å²) in [4.78, 5) is 38.1. The predicted molar refractivity (Wildman–Crippen MR) is 329 cm³/mol. The van der Waals surface area contributed by atoms with Gasteiger partial charge in [-0.2, -0.15) is 0 Å². The normalized spacial score (nSPS) is 13.2. The minimum atomic E-state index is -0.816. The average molecular weight is 1050 g/mol. The van der Waals surface area contributed by atoms with Crippen LogP contribution in [0.4, 0.5) is 0 Å². The second-order valence-corrected chi connectivity index (χ2v) is 19.5. The summed E-state index contributed by atoms with van der Waals surface area (Å²) in [5.41, 5.74) is 0. The Labute approximate surface area is 467 Å². The number of esters is 3. The molecule has 0 saturated carbocycles. The van der Waals surface area contributed by atoms with E-state index in [0.29, 0.717) is 12.8 Å². The fraction of sp³-hybridized carbons (Fsp3) is 0.586. The highest BCUT2D eigenvalue weighted by Gasteiger charge is 2.19. The number of unbranched alkanes of at least 4 members (excludes halogenated alkanes) is 16. The molecule has 0 aliphatic carbocycles. The Balaban J connectivity index is 4.36. The third-order valence-electron chi connectivity index (χ3n) is 12.3. The molecule has 0 bridgehead atoms. The van der Waals surface area contributed by atoms with Gasteiger partial charge in [0.25, 0.3) is 0 Å². The molecule has 0 radical (unpaired) electrons. The van der Waals surface area contributed by atoms with Gasteiger partial charge in [-0.25, -0.2) is 0 Å². The summed E-state index contributed by atoms with van der Waals surface area (Å²) in [7, 11) is 0. The SMILES string of the molecule is CC/C=C\C/C=C\C/C=C\C/C=C\C/C=C\C/C=C\C/C=C\C/C=C\C/C=C\C/C=C\CCCCC(=O)OCC(COC(=O)CCCCCCCCCCCCCC)OC(=O)CCCCC/C=C\C/C=C\C/C=C\CC. The fourth-order valence-electron chi connectivity index (χ4n) is 7.78. The van der Waals surface area contributed by atoms with E-state index < -0.39 is 6.10 Å². The Morgan fingerprint density at radius 1 is 0.276 bits per heavy atom. The van der Waals surface area contributed by atoms with Crippen LogP contribution in [0, 0.1) is 0 Å². The molecule has 0 rings (SSSR count). The standard InChI is InChI=1S/C70H110O6/c1-4-7-10-13-16-19-22-25-26-27-28-29-30-31-32-33-34-35-36-37-38-39-40-41-42-43-44-46-48-51-54-57-60-63-69(72)75-66-67(65-74-68(71)62-59-56-53-50-47-24-21-18-15-12-9-6-3)76-70(73)64-61-58-55-52-49-45-23-20-17-14-11-8-5-2/h7-8,10-11,16-17,19-20,25-26,28-29,31-32,34-35,37-38,40-41,43-45,48-49,51,67H,4-6,9,12-15,18,21-24,27,30,33,36,39,42,46-47,50,52-66H2,1-3H3/b10-7-,11-8-,19-16-,20-17-,26-25-,29-28-,32-31-,35-34-,38-37-,41-40-,44-43-,49-45-,51-48-. The van der Waals surface area contributed by atoms with Gasteiger partial charge in [0.1, 0.15) is 13.2 Å². The first kappa shape index (κ1) is 71.0. The summed E-state index contributed by atoms with van der Waals surface area (Å²) in [6.07, 6.45) is 91.1. The lowest BCUT2D eigenvalue weighted by atomic mass is 10.0. The van der Waals surface area contributed by atoms with Gasteiger partial charge in [0.05, 0.1) is 0 Å². The van der Waals surface area contributed by atoms with E-state index in [4.69, 9.17) is 14.2 Å². The molecule has 1 atom stereocenters. The fourth-order valence-corrected chi connectivity index (χ4v) is 7.78. The lowest BCUT2D eigenvalue weighted by Crippen LogP contribution is -2.30. The van der Waals surface area contributed by atoms with Crippen LogP contribution in [0.15, 0.2) is 158 Å². The molecule has 0 aliphatic heterocycles. The average Bonchev–Trinajstić information content (AvgIpc) is 3.42. The van der Waals surface area contributed by atoms with Gasteiger partial charge in [0, 0.05) is 19.3 Å². The van der Waals surface area contributed by atoms with Crippen molar-refractivity contribution < 1.29 is 28.6 Å². The summed E-state index contributed by atoms with van der Waals surface area (Å²) in [6, 6.07) is 0. The lowest BCUT2D eigenvalue weighted by Gasteiger charge is -2.18. The maximum absolute atomic E-state index is 12.8. The number of hydrogen-bond donors (Lipinski definition) is 0. The van der Waals surface area contributed by atoms with Gasteiger partial charge in [0.2, 0.25) is 0 Å². The van der Waals surface area contributed by atoms with Crippen LogP contribution in [0.25, 0.3) is 0 Å². The third-order valence-corrected chi connectivity index (χ3v) is 12.3. The van der Waals surface area contributed by atoms with Crippen molar-refractivity contribution in [3.8, 4) is 0 Å². The molecule has 0 aliphatic rings. The second-order valence-electron chi connectivity index (χ2n) is 19.5. The Morgan fingerprint density at radius 3 is 0.829 bits per heavy atom. The van der Waals surface area contributed by atoms with Gasteiger partial charge in [-0.3, -0.25) is 14.4 Å². The van der Waals surface area contributed by atoms with Crippen LogP contribution in [-0.4, -0.2) is 37.2 Å². The van der Waals surface area contributed by atoms with E-state index in [-0.39, 0.29) is 44.0 Å². The number of rotatable bonds is 53. The number of hydrogen-bond acceptors (Lipinski definition) is 6. The first-order valence-corrected chi connectivity index (χ1v) is 30.5. The zero-order valence-electron chi connectivity index (χ0n) is 48.7. The molecule has 6 heteroatoms. The summed E-state index contributed by atoms with van der Waals surface area (Å²) in [6.45, 7) is 6.33. The van der Waals surface area contributed by atoms with Crippen LogP contribution >= 0.6 is 0 Å². The Hall–Kier alpha value is -4.97. The van der Waals surface area contributed by atoms with Gasteiger partial charge in [-0.15, -0.1) is 0 Å². The maximum atomic E-state index is 12.8. The molecule has 0 aromatic rings. The first-order valence-electron chi connectivity index (χ1n) is 30.5. The lowest BCUT2D eigenvalue weighted by molar-refractivity contribution is -0.167. The molecule has 0 saturated heterocycles. The molecule has 0 fully saturated rings. The van der Waals surface area contributed by atoms with Crippen molar-refractivity contribution in [3.63, 3.8) is 0 Å². The molecule has 0 aromatic heterocycles. The van der Waals surface area contributed by atoms with Crippen LogP contribution in [0.2, 0.25) is 0 Å². The topological polar surface area (TPSA) is 78.9 Å². The molecule has 0 amide bonds. The Bertz CT molecular complexity index is 1720. The van der Waals surface area contributed by atoms with E-state index in [1.54, 1.807) is 0 Å².